The monoisotopic (exact) mass is 561 g/mol. The lowest BCUT2D eigenvalue weighted by atomic mass is 10.1. The molecule has 1 heterocycles. The number of amides is 1. The van der Waals surface area contributed by atoms with Gasteiger partial charge in [0.15, 0.2) is 0 Å². The summed E-state index contributed by atoms with van der Waals surface area (Å²) in [5.41, 5.74) is 9.85. The number of hydrazone groups is 1. The molecular weight excluding hydrogens is 534 g/mol. The average Bonchev–Trinajstić information content (AvgIpc) is 3.52. The predicted octanol–water partition coefficient (Wildman–Crippen LogP) is 8.70. The van der Waals surface area contributed by atoms with Gasteiger partial charge in [0.1, 0.15) is 5.75 Å². The van der Waals surface area contributed by atoms with Gasteiger partial charge in [-0.3, -0.25) is 4.79 Å². The van der Waals surface area contributed by atoms with E-state index in [9.17, 15) is 9.90 Å². The number of phenolic OH excluding ortho intramolecular Hbond substituents is 1. The van der Waals surface area contributed by atoms with Crippen LogP contribution in [0.25, 0.3) is 28.2 Å². The van der Waals surface area contributed by atoms with Crippen molar-refractivity contribution in [3.05, 3.63) is 157 Å². The molecule has 0 radical (unpaired) electrons. The van der Waals surface area contributed by atoms with Crippen molar-refractivity contribution in [3.63, 3.8) is 0 Å². The number of carbonyl (C=O) groups is 1. The molecule has 0 bridgehead atoms. The molecule has 208 valence electrons. The van der Waals surface area contributed by atoms with Gasteiger partial charge in [-0.25, -0.2) is 5.43 Å². The molecule has 0 saturated heterocycles. The smallest absolute Gasteiger partial charge is 0.271 e. The minimum Gasteiger partial charge on any atom is -0.507 e. The highest BCUT2D eigenvalue weighted by Gasteiger charge is 2.14. The molecule has 2 N–H and O–H groups in total. The second-order valence-electron chi connectivity index (χ2n) is 9.70. The number of nitrogens with one attached hydrogen (secondary N) is 1. The van der Waals surface area contributed by atoms with Crippen molar-refractivity contribution in [1.82, 2.24) is 9.99 Å². The topological polar surface area (TPSA) is 91.3 Å². The van der Waals surface area contributed by atoms with Crippen molar-refractivity contribution < 1.29 is 9.90 Å². The zero-order valence-electron chi connectivity index (χ0n) is 23.1. The Morgan fingerprint density at radius 1 is 0.628 bits per heavy atom. The van der Waals surface area contributed by atoms with Crippen molar-refractivity contribution in [2.75, 3.05) is 0 Å². The van der Waals surface area contributed by atoms with Crippen LogP contribution in [0, 0.1) is 0 Å². The van der Waals surface area contributed by atoms with E-state index in [0.717, 1.165) is 28.2 Å². The van der Waals surface area contributed by atoms with Gasteiger partial charge >= 0.3 is 0 Å². The Morgan fingerprint density at radius 2 is 1.19 bits per heavy atom. The van der Waals surface area contributed by atoms with Gasteiger partial charge in [0, 0.05) is 16.8 Å². The van der Waals surface area contributed by atoms with Crippen LogP contribution in [-0.2, 0) is 0 Å². The molecule has 7 nitrogen and oxygen atoms in total. The molecule has 0 aliphatic heterocycles. The maximum absolute atomic E-state index is 12.9. The van der Waals surface area contributed by atoms with E-state index in [4.69, 9.17) is 0 Å². The molecule has 0 spiro atoms. The molecule has 7 heteroatoms. The molecule has 0 aliphatic carbocycles. The Bertz CT molecular complexity index is 1840. The summed E-state index contributed by atoms with van der Waals surface area (Å²) in [6.45, 7) is 0. The van der Waals surface area contributed by atoms with Crippen LogP contribution in [0.3, 0.4) is 0 Å². The van der Waals surface area contributed by atoms with E-state index in [-0.39, 0.29) is 11.7 Å². The normalized spacial score (nSPS) is 11.3. The number of rotatable bonds is 8. The molecular formula is C36H27N5O2. The van der Waals surface area contributed by atoms with Crippen LogP contribution in [0.15, 0.2) is 161 Å². The fourth-order valence-corrected chi connectivity index (χ4v) is 4.69. The van der Waals surface area contributed by atoms with E-state index in [1.807, 2.05) is 78.9 Å². The van der Waals surface area contributed by atoms with E-state index in [1.54, 1.807) is 24.3 Å². The van der Waals surface area contributed by atoms with Crippen LogP contribution < -0.4 is 5.43 Å². The summed E-state index contributed by atoms with van der Waals surface area (Å²) in [6, 6.07) is 46.2. The lowest BCUT2D eigenvalue weighted by Crippen LogP contribution is -2.17. The third-order valence-corrected chi connectivity index (χ3v) is 6.83. The number of hydrogen-bond donors (Lipinski definition) is 2. The largest absolute Gasteiger partial charge is 0.507 e. The zero-order valence-corrected chi connectivity index (χ0v) is 23.1. The summed E-state index contributed by atoms with van der Waals surface area (Å²) in [5.74, 6) is -0.363. The molecule has 0 aliphatic rings. The third kappa shape index (κ3) is 6.31. The summed E-state index contributed by atoms with van der Waals surface area (Å²) in [5, 5.41) is 22.7. The fraction of sp³-hybridized carbons (Fsp3) is 0. The maximum atomic E-state index is 12.9. The molecule has 1 amide bonds. The third-order valence-electron chi connectivity index (χ3n) is 6.83. The Morgan fingerprint density at radius 3 is 1.79 bits per heavy atom. The van der Waals surface area contributed by atoms with Crippen molar-refractivity contribution >= 4 is 23.5 Å². The fourth-order valence-electron chi connectivity index (χ4n) is 4.69. The highest BCUT2D eigenvalue weighted by Crippen LogP contribution is 2.32. The van der Waals surface area contributed by atoms with Crippen molar-refractivity contribution in [1.29, 1.82) is 0 Å². The quantitative estimate of drug-likeness (QED) is 0.111. The average molecular weight is 562 g/mol. The summed E-state index contributed by atoms with van der Waals surface area (Å²) >= 11 is 0. The molecule has 0 atom stereocenters. The summed E-state index contributed by atoms with van der Waals surface area (Å²) in [7, 11) is 0. The van der Waals surface area contributed by atoms with Crippen LogP contribution >= 0.6 is 0 Å². The van der Waals surface area contributed by atoms with Crippen LogP contribution in [0.4, 0.5) is 11.4 Å². The lowest BCUT2D eigenvalue weighted by Gasteiger charge is -2.15. The van der Waals surface area contributed by atoms with E-state index in [2.05, 4.69) is 61.7 Å². The first-order valence-electron chi connectivity index (χ1n) is 13.7. The molecule has 0 fully saturated rings. The van der Waals surface area contributed by atoms with Gasteiger partial charge in [0.2, 0.25) is 0 Å². The second kappa shape index (κ2) is 12.6. The highest BCUT2D eigenvalue weighted by atomic mass is 16.3. The second-order valence-corrected chi connectivity index (χ2v) is 9.70. The van der Waals surface area contributed by atoms with E-state index in [0.29, 0.717) is 22.5 Å². The lowest BCUT2D eigenvalue weighted by molar-refractivity contribution is 0.0955. The molecule has 5 aromatic carbocycles. The number of azo groups is 1. The first-order chi connectivity index (χ1) is 21.2. The minimum atomic E-state index is -0.374. The molecule has 43 heavy (non-hydrogen) atoms. The molecule has 6 rings (SSSR count). The van der Waals surface area contributed by atoms with Crippen molar-refractivity contribution in [2.45, 2.75) is 0 Å². The number of carbonyl (C=O) groups excluding carboxylic acids is 1. The van der Waals surface area contributed by atoms with Gasteiger partial charge in [-0.05, 0) is 77.9 Å². The Hall–Kier alpha value is -6.08. The Labute approximate surface area is 249 Å². The molecule has 0 saturated carbocycles. The number of aromatic hydroxyl groups is 1. The van der Waals surface area contributed by atoms with Crippen molar-refractivity contribution in [3.8, 4) is 34.0 Å². The Kier molecular flexibility index (Phi) is 7.95. The first-order valence-corrected chi connectivity index (χ1v) is 13.7. The molecule has 0 unspecified atom stereocenters. The standard InChI is InChI=1S/C36H27N5O2/c42-35-23-18-31(39-38-30-14-8-3-9-15-30)24-29(35)25-37-40-36(43)28-16-19-32(20-17-28)41-33(26-10-4-1-5-11-26)21-22-34(41)27-12-6-2-7-13-27/h1-25,42H,(H,40,43)/b37-25-,39-38?. The minimum absolute atomic E-state index is 0.0103. The highest BCUT2D eigenvalue weighted by molar-refractivity contribution is 5.95. The Balaban J connectivity index is 1.20. The summed E-state index contributed by atoms with van der Waals surface area (Å²) < 4.78 is 2.19. The van der Waals surface area contributed by atoms with Crippen LogP contribution in [-0.4, -0.2) is 21.8 Å². The van der Waals surface area contributed by atoms with Gasteiger partial charge in [-0.15, -0.1) is 0 Å². The van der Waals surface area contributed by atoms with Crippen molar-refractivity contribution in [2.24, 2.45) is 15.3 Å². The molecule has 1 aromatic heterocycles. The summed E-state index contributed by atoms with van der Waals surface area (Å²) in [4.78, 5) is 12.9. The van der Waals surface area contributed by atoms with E-state index in [1.165, 1.54) is 12.3 Å². The first kappa shape index (κ1) is 27.1. The SMILES string of the molecule is O=C(N/N=C\c1cc(N=Nc2ccccc2)ccc1O)c1ccc(-n2c(-c3ccccc3)ccc2-c2ccccc2)cc1. The van der Waals surface area contributed by atoms with Crippen LogP contribution in [0.5, 0.6) is 5.75 Å². The van der Waals surface area contributed by atoms with Gasteiger partial charge in [-0.1, -0.05) is 78.9 Å². The number of hydrogen-bond acceptors (Lipinski definition) is 5. The predicted molar refractivity (Wildman–Crippen MR) is 170 cm³/mol. The van der Waals surface area contributed by atoms with Gasteiger partial charge in [0.25, 0.3) is 5.91 Å². The van der Waals surface area contributed by atoms with Gasteiger partial charge < -0.3 is 9.67 Å². The van der Waals surface area contributed by atoms with Crippen LogP contribution in [0.1, 0.15) is 15.9 Å². The van der Waals surface area contributed by atoms with Gasteiger partial charge in [-0.2, -0.15) is 15.3 Å². The summed E-state index contributed by atoms with van der Waals surface area (Å²) in [6.07, 6.45) is 1.38. The number of nitrogens with zero attached hydrogens (tertiary/aromatic N) is 4. The van der Waals surface area contributed by atoms with Gasteiger partial charge in [0.05, 0.1) is 29.0 Å². The number of benzene rings is 5. The van der Waals surface area contributed by atoms with E-state index >= 15 is 0 Å². The van der Waals surface area contributed by atoms with Crippen LogP contribution in [0.2, 0.25) is 0 Å². The molecule has 6 aromatic rings. The van der Waals surface area contributed by atoms with E-state index < -0.39 is 0 Å². The number of phenols is 1. The number of aromatic nitrogens is 1. The zero-order chi connectivity index (χ0) is 29.4. The maximum Gasteiger partial charge on any atom is 0.271 e.